The van der Waals surface area contributed by atoms with Crippen LogP contribution in [0.3, 0.4) is 0 Å². The van der Waals surface area contributed by atoms with Gasteiger partial charge in [0.2, 0.25) is 0 Å². The Balaban J connectivity index is 0.00000112. The number of ketones is 1. The molecule has 1 saturated heterocycles. The van der Waals surface area contributed by atoms with E-state index in [1.807, 2.05) is 32.9 Å². The molecule has 2 fully saturated rings. The van der Waals surface area contributed by atoms with Crippen molar-refractivity contribution in [2.24, 2.45) is 11.3 Å². The SMILES string of the molecule is C#C.C=C(/C=C\C=C/C)C[C@]12CCC(=O)CC1CCNC2.CC. The van der Waals surface area contributed by atoms with Crippen molar-refractivity contribution in [1.82, 2.24) is 5.32 Å². The third kappa shape index (κ3) is 6.59. The lowest BCUT2D eigenvalue weighted by molar-refractivity contribution is -0.125. The molecule has 128 valence electrons. The summed E-state index contributed by atoms with van der Waals surface area (Å²) in [4.78, 5) is 11.7. The van der Waals surface area contributed by atoms with Crippen LogP contribution >= 0.6 is 0 Å². The molecule has 1 heterocycles. The monoisotopic (exact) mass is 315 g/mol. The lowest BCUT2D eigenvalue weighted by atomic mass is 9.60. The molecule has 0 aromatic rings. The van der Waals surface area contributed by atoms with Gasteiger partial charge in [-0.1, -0.05) is 50.3 Å². The van der Waals surface area contributed by atoms with E-state index in [9.17, 15) is 4.79 Å². The van der Waals surface area contributed by atoms with E-state index >= 15 is 0 Å². The Morgan fingerprint density at radius 1 is 1.39 bits per heavy atom. The van der Waals surface area contributed by atoms with Crippen LogP contribution in [-0.4, -0.2) is 18.9 Å². The first kappa shape index (κ1) is 21.4. The van der Waals surface area contributed by atoms with Crippen LogP contribution in [0.1, 0.15) is 52.9 Å². The van der Waals surface area contributed by atoms with Gasteiger partial charge < -0.3 is 5.32 Å². The minimum absolute atomic E-state index is 0.267. The molecule has 0 spiro atoms. The summed E-state index contributed by atoms with van der Waals surface area (Å²) in [6.07, 6.45) is 20.9. The average Bonchev–Trinajstić information content (AvgIpc) is 2.59. The predicted molar refractivity (Wildman–Crippen MR) is 101 cm³/mol. The van der Waals surface area contributed by atoms with Crippen LogP contribution in [0.2, 0.25) is 0 Å². The Morgan fingerprint density at radius 3 is 2.74 bits per heavy atom. The summed E-state index contributed by atoms with van der Waals surface area (Å²) in [5.41, 5.74) is 1.45. The van der Waals surface area contributed by atoms with Crippen LogP contribution in [0.25, 0.3) is 0 Å². The Hall–Kier alpha value is -1.59. The largest absolute Gasteiger partial charge is 0.316 e. The van der Waals surface area contributed by atoms with Crippen molar-refractivity contribution in [2.75, 3.05) is 13.1 Å². The summed E-state index contributed by atoms with van der Waals surface area (Å²) in [5, 5.41) is 3.52. The number of carbonyl (C=O) groups is 1. The second-order valence-corrected chi connectivity index (χ2v) is 5.99. The molecule has 0 bridgehead atoms. The number of piperidine rings is 1. The molecule has 0 radical (unpaired) electrons. The molecule has 2 rings (SSSR count). The molecular weight excluding hydrogens is 282 g/mol. The number of carbonyl (C=O) groups excluding carboxylic acids is 1. The van der Waals surface area contributed by atoms with Crippen LogP contribution < -0.4 is 5.32 Å². The molecule has 0 aromatic carbocycles. The van der Waals surface area contributed by atoms with Crippen LogP contribution in [0, 0.1) is 24.2 Å². The standard InChI is InChI=1S/C17H25NO.C2H6.C2H2/c1-3-4-5-6-14(2)12-17-9-7-16(19)11-15(17)8-10-18-13-17;2*1-2/h3-6,15,18H,2,7-13H2,1H3;1-2H3;1-2H/b4-3-,6-5-;;/t15?,17-;;/m0../s1. The number of hydrogen-bond acceptors (Lipinski definition) is 2. The van der Waals surface area contributed by atoms with Crippen LogP contribution in [-0.2, 0) is 4.79 Å². The van der Waals surface area contributed by atoms with Crippen molar-refractivity contribution in [3.05, 3.63) is 36.5 Å². The average molecular weight is 316 g/mol. The van der Waals surface area contributed by atoms with Gasteiger partial charge in [0.15, 0.2) is 0 Å². The predicted octanol–water partition coefficient (Wildman–Crippen LogP) is 4.69. The van der Waals surface area contributed by atoms with Gasteiger partial charge in [-0.05, 0) is 44.1 Å². The highest BCUT2D eigenvalue weighted by Crippen LogP contribution is 2.47. The third-order valence-electron chi connectivity index (χ3n) is 4.60. The second-order valence-electron chi connectivity index (χ2n) is 5.99. The molecule has 23 heavy (non-hydrogen) atoms. The number of rotatable bonds is 4. The van der Waals surface area contributed by atoms with Gasteiger partial charge in [0, 0.05) is 19.4 Å². The fraction of sp³-hybridized carbons (Fsp3) is 0.571. The van der Waals surface area contributed by atoms with Crippen molar-refractivity contribution in [3.63, 3.8) is 0 Å². The molecule has 2 aliphatic rings. The van der Waals surface area contributed by atoms with E-state index in [1.54, 1.807) is 0 Å². The van der Waals surface area contributed by atoms with E-state index in [4.69, 9.17) is 0 Å². The molecule has 1 aliphatic heterocycles. The summed E-state index contributed by atoms with van der Waals surface area (Å²) < 4.78 is 0. The molecule has 1 unspecified atom stereocenters. The van der Waals surface area contributed by atoms with Crippen molar-refractivity contribution in [2.45, 2.75) is 52.9 Å². The van der Waals surface area contributed by atoms with Gasteiger partial charge in [-0.3, -0.25) is 4.79 Å². The summed E-state index contributed by atoms with van der Waals surface area (Å²) in [5.74, 6) is 1.01. The maximum absolute atomic E-state index is 11.7. The molecular formula is C21H33NO. The lowest BCUT2D eigenvalue weighted by Crippen LogP contribution is -2.49. The minimum atomic E-state index is 0.267. The molecule has 0 amide bonds. The summed E-state index contributed by atoms with van der Waals surface area (Å²) >= 11 is 0. The number of terminal acetylenes is 1. The molecule has 2 heteroatoms. The second kappa shape index (κ2) is 11.9. The van der Waals surface area contributed by atoms with E-state index in [2.05, 4.69) is 36.9 Å². The smallest absolute Gasteiger partial charge is 0.133 e. The van der Waals surface area contributed by atoms with Crippen molar-refractivity contribution >= 4 is 5.78 Å². The minimum Gasteiger partial charge on any atom is -0.316 e. The summed E-state index contributed by atoms with van der Waals surface area (Å²) in [6, 6.07) is 0. The molecule has 1 N–H and O–H groups in total. The van der Waals surface area contributed by atoms with Crippen molar-refractivity contribution in [3.8, 4) is 12.8 Å². The van der Waals surface area contributed by atoms with Crippen LogP contribution in [0.15, 0.2) is 36.5 Å². The van der Waals surface area contributed by atoms with E-state index in [0.717, 1.165) is 45.2 Å². The Bertz CT molecular complexity index is 444. The van der Waals surface area contributed by atoms with E-state index < -0.39 is 0 Å². The topological polar surface area (TPSA) is 29.1 Å². The highest BCUT2D eigenvalue weighted by atomic mass is 16.1. The fourth-order valence-corrected chi connectivity index (χ4v) is 3.55. The molecule has 0 aromatic heterocycles. The fourth-order valence-electron chi connectivity index (χ4n) is 3.55. The highest BCUT2D eigenvalue weighted by molar-refractivity contribution is 5.79. The van der Waals surface area contributed by atoms with Gasteiger partial charge in [-0.2, -0.15) is 0 Å². The molecule has 1 saturated carbocycles. The lowest BCUT2D eigenvalue weighted by Gasteiger charge is -2.47. The Labute approximate surface area is 143 Å². The quantitative estimate of drug-likeness (QED) is 0.602. The zero-order valence-corrected chi connectivity index (χ0v) is 15.1. The number of Topliss-reactive ketones (excluding diaryl/α,β-unsaturated/α-hetero) is 1. The first-order chi connectivity index (χ1) is 11.2. The van der Waals surface area contributed by atoms with Crippen molar-refractivity contribution in [1.29, 1.82) is 0 Å². The highest BCUT2D eigenvalue weighted by Gasteiger charge is 2.44. The maximum atomic E-state index is 11.7. The van der Waals surface area contributed by atoms with Gasteiger partial charge in [-0.15, -0.1) is 12.8 Å². The first-order valence-corrected chi connectivity index (χ1v) is 8.69. The Kier molecular flexibility index (Phi) is 11.1. The summed E-state index contributed by atoms with van der Waals surface area (Å²) in [7, 11) is 0. The zero-order chi connectivity index (χ0) is 17.7. The van der Waals surface area contributed by atoms with Gasteiger partial charge in [-0.25, -0.2) is 0 Å². The van der Waals surface area contributed by atoms with Gasteiger partial charge in [0.1, 0.15) is 5.78 Å². The van der Waals surface area contributed by atoms with Crippen LogP contribution in [0.5, 0.6) is 0 Å². The number of fused-ring (bicyclic) bond motifs is 1. The van der Waals surface area contributed by atoms with E-state index in [0.29, 0.717) is 11.7 Å². The molecule has 2 nitrogen and oxygen atoms in total. The van der Waals surface area contributed by atoms with Gasteiger partial charge >= 0.3 is 0 Å². The molecule has 2 atom stereocenters. The Morgan fingerprint density at radius 2 is 2.09 bits per heavy atom. The number of nitrogens with one attached hydrogen (secondary N) is 1. The van der Waals surface area contributed by atoms with Gasteiger partial charge in [0.25, 0.3) is 0 Å². The normalized spacial score (nSPS) is 26.7. The zero-order valence-electron chi connectivity index (χ0n) is 15.1. The maximum Gasteiger partial charge on any atom is 0.133 e. The van der Waals surface area contributed by atoms with Gasteiger partial charge in [0.05, 0.1) is 0 Å². The van der Waals surface area contributed by atoms with E-state index in [1.165, 1.54) is 5.57 Å². The van der Waals surface area contributed by atoms with E-state index in [-0.39, 0.29) is 5.41 Å². The first-order valence-electron chi connectivity index (χ1n) is 8.69. The van der Waals surface area contributed by atoms with Crippen LogP contribution in [0.4, 0.5) is 0 Å². The number of hydrogen-bond donors (Lipinski definition) is 1. The third-order valence-corrected chi connectivity index (χ3v) is 4.60. The summed E-state index contributed by atoms with van der Waals surface area (Å²) in [6.45, 7) is 12.3. The van der Waals surface area contributed by atoms with Crippen molar-refractivity contribution < 1.29 is 4.79 Å². The number of allylic oxidation sites excluding steroid dienone is 5. The molecule has 1 aliphatic carbocycles.